The number of H-pyrrole nitrogens is 1. The summed E-state index contributed by atoms with van der Waals surface area (Å²) in [6.07, 6.45) is 2.13. The van der Waals surface area contributed by atoms with E-state index in [4.69, 9.17) is 5.26 Å². The van der Waals surface area contributed by atoms with Crippen LogP contribution in [0.1, 0.15) is 16.7 Å². The largest absolute Gasteiger partial charge is 0.361 e. The number of benzene rings is 2. The third-order valence-corrected chi connectivity index (χ3v) is 3.60. The minimum absolute atomic E-state index is 0.135. The quantitative estimate of drug-likeness (QED) is 0.774. The summed E-state index contributed by atoms with van der Waals surface area (Å²) in [5.74, 6) is -0.135. The van der Waals surface area contributed by atoms with E-state index in [0.29, 0.717) is 11.3 Å². The number of carbonyl (C=O) groups excluding carboxylic acids is 1. The zero-order chi connectivity index (χ0) is 15.5. The lowest BCUT2D eigenvalue weighted by molar-refractivity contribution is -0.115. The molecule has 0 unspecified atom stereocenters. The van der Waals surface area contributed by atoms with Gasteiger partial charge in [0, 0.05) is 17.1 Å². The molecule has 1 amide bonds. The Balaban J connectivity index is 1.80. The molecule has 0 saturated heterocycles. The number of anilines is 1. The predicted octanol–water partition coefficient (Wildman–Crippen LogP) is 3.53. The van der Waals surface area contributed by atoms with Gasteiger partial charge >= 0.3 is 0 Å². The minimum Gasteiger partial charge on any atom is -0.361 e. The SMILES string of the molecule is Cc1ccc2c(CC(=O)Nc3ccccc3C#N)c[nH]c2c1. The molecule has 22 heavy (non-hydrogen) atoms. The number of para-hydroxylation sites is 1. The molecule has 1 aromatic heterocycles. The summed E-state index contributed by atoms with van der Waals surface area (Å²) in [6, 6.07) is 15.2. The molecule has 1 heterocycles. The Morgan fingerprint density at radius 2 is 2.09 bits per heavy atom. The molecule has 0 spiro atoms. The van der Waals surface area contributed by atoms with Crippen LogP contribution in [0.5, 0.6) is 0 Å². The van der Waals surface area contributed by atoms with Crippen molar-refractivity contribution in [3.8, 4) is 6.07 Å². The van der Waals surface area contributed by atoms with E-state index < -0.39 is 0 Å². The molecule has 0 fully saturated rings. The second-order valence-corrected chi connectivity index (χ2v) is 5.25. The maximum absolute atomic E-state index is 12.2. The van der Waals surface area contributed by atoms with Crippen molar-refractivity contribution in [2.75, 3.05) is 5.32 Å². The van der Waals surface area contributed by atoms with Crippen LogP contribution in [0.4, 0.5) is 5.69 Å². The fraction of sp³-hybridized carbons (Fsp3) is 0.111. The third-order valence-electron chi connectivity index (χ3n) is 3.60. The molecule has 0 atom stereocenters. The van der Waals surface area contributed by atoms with Crippen molar-refractivity contribution in [1.29, 1.82) is 5.26 Å². The highest BCUT2D eigenvalue weighted by atomic mass is 16.1. The van der Waals surface area contributed by atoms with Crippen LogP contribution in [-0.2, 0) is 11.2 Å². The number of carbonyl (C=O) groups is 1. The molecule has 3 rings (SSSR count). The molecule has 0 radical (unpaired) electrons. The number of fused-ring (bicyclic) bond motifs is 1. The standard InChI is InChI=1S/C18H15N3O/c1-12-6-7-15-14(11-20-17(15)8-12)9-18(22)21-16-5-3-2-4-13(16)10-19/h2-8,11,20H,9H2,1H3,(H,21,22). The summed E-state index contributed by atoms with van der Waals surface area (Å²) >= 11 is 0. The van der Waals surface area contributed by atoms with Gasteiger partial charge in [0.05, 0.1) is 17.7 Å². The average Bonchev–Trinajstić information content (AvgIpc) is 2.89. The molecular weight excluding hydrogens is 274 g/mol. The number of amides is 1. The number of nitriles is 1. The van der Waals surface area contributed by atoms with Gasteiger partial charge in [-0.2, -0.15) is 5.26 Å². The highest BCUT2D eigenvalue weighted by Crippen LogP contribution is 2.21. The van der Waals surface area contributed by atoms with Crippen molar-refractivity contribution < 1.29 is 4.79 Å². The van der Waals surface area contributed by atoms with E-state index in [1.165, 1.54) is 5.56 Å². The molecule has 4 nitrogen and oxygen atoms in total. The normalized spacial score (nSPS) is 10.4. The van der Waals surface area contributed by atoms with Crippen LogP contribution in [0.2, 0.25) is 0 Å². The summed E-state index contributed by atoms with van der Waals surface area (Å²) in [7, 11) is 0. The molecule has 4 heteroatoms. The van der Waals surface area contributed by atoms with Gasteiger partial charge in [0.25, 0.3) is 0 Å². The average molecular weight is 289 g/mol. The van der Waals surface area contributed by atoms with Crippen LogP contribution in [0.25, 0.3) is 10.9 Å². The Morgan fingerprint density at radius 1 is 1.27 bits per heavy atom. The van der Waals surface area contributed by atoms with Crippen LogP contribution in [-0.4, -0.2) is 10.9 Å². The molecule has 0 aliphatic heterocycles. The Bertz CT molecular complexity index is 887. The molecule has 108 valence electrons. The number of nitrogens with one attached hydrogen (secondary N) is 2. The lowest BCUT2D eigenvalue weighted by Crippen LogP contribution is -2.15. The van der Waals surface area contributed by atoms with E-state index >= 15 is 0 Å². The molecule has 2 aromatic carbocycles. The molecule has 0 aliphatic rings. The summed E-state index contributed by atoms with van der Waals surface area (Å²) < 4.78 is 0. The van der Waals surface area contributed by atoms with Gasteiger partial charge in [-0.3, -0.25) is 4.79 Å². The monoisotopic (exact) mass is 289 g/mol. The van der Waals surface area contributed by atoms with Crippen molar-refractivity contribution in [3.63, 3.8) is 0 Å². The topological polar surface area (TPSA) is 68.7 Å². The third kappa shape index (κ3) is 2.70. The number of aromatic amines is 1. The summed E-state index contributed by atoms with van der Waals surface area (Å²) in [4.78, 5) is 15.4. The Hall–Kier alpha value is -3.06. The molecule has 3 aromatic rings. The number of aromatic nitrogens is 1. The Morgan fingerprint density at radius 3 is 2.91 bits per heavy atom. The number of hydrogen-bond donors (Lipinski definition) is 2. The number of rotatable bonds is 3. The molecule has 0 saturated carbocycles. The fourth-order valence-corrected chi connectivity index (χ4v) is 2.50. The van der Waals surface area contributed by atoms with Crippen molar-refractivity contribution in [3.05, 3.63) is 65.4 Å². The van der Waals surface area contributed by atoms with Crippen LogP contribution >= 0.6 is 0 Å². The Kier molecular flexibility index (Phi) is 3.63. The second-order valence-electron chi connectivity index (χ2n) is 5.25. The van der Waals surface area contributed by atoms with Gasteiger partial charge in [0.15, 0.2) is 0 Å². The van der Waals surface area contributed by atoms with Gasteiger partial charge in [-0.25, -0.2) is 0 Å². The van der Waals surface area contributed by atoms with E-state index in [1.807, 2.05) is 25.3 Å². The lowest BCUT2D eigenvalue weighted by atomic mass is 10.1. The van der Waals surface area contributed by atoms with E-state index in [1.54, 1.807) is 24.3 Å². The summed E-state index contributed by atoms with van der Waals surface area (Å²) in [6.45, 7) is 2.03. The first kappa shape index (κ1) is 13.9. The van der Waals surface area contributed by atoms with Crippen molar-refractivity contribution in [2.45, 2.75) is 13.3 Å². The zero-order valence-corrected chi connectivity index (χ0v) is 12.2. The number of hydrogen-bond acceptors (Lipinski definition) is 2. The van der Waals surface area contributed by atoms with Gasteiger partial charge in [-0.15, -0.1) is 0 Å². The first-order valence-corrected chi connectivity index (χ1v) is 7.03. The van der Waals surface area contributed by atoms with Gasteiger partial charge < -0.3 is 10.3 Å². The smallest absolute Gasteiger partial charge is 0.228 e. The van der Waals surface area contributed by atoms with Gasteiger partial charge in [0.2, 0.25) is 5.91 Å². The van der Waals surface area contributed by atoms with Crippen LogP contribution in [0.15, 0.2) is 48.7 Å². The first-order chi connectivity index (χ1) is 10.7. The van der Waals surface area contributed by atoms with E-state index in [2.05, 4.69) is 22.4 Å². The summed E-state index contributed by atoms with van der Waals surface area (Å²) in [5.41, 5.74) is 4.16. The van der Waals surface area contributed by atoms with Crippen molar-refractivity contribution in [1.82, 2.24) is 4.98 Å². The van der Waals surface area contributed by atoms with Gasteiger partial charge in [-0.1, -0.05) is 24.3 Å². The highest BCUT2D eigenvalue weighted by Gasteiger charge is 2.10. The fourth-order valence-electron chi connectivity index (χ4n) is 2.50. The summed E-state index contributed by atoms with van der Waals surface area (Å²) in [5, 5.41) is 12.9. The number of nitrogens with zero attached hydrogens (tertiary/aromatic N) is 1. The lowest BCUT2D eigenvalue weighted by Gasteiger charge is -2.06. The maximum Gasteiger partial charge on any atom is 0.228 e. The molecule has 0 aliphatic carbocycles. The van der Waals surface area contributed by atoms with E-state index in [-0.39, 0.29) is 12.3 Å². The van der Waals surface area contributed by atoms with Crippen molar-refractivity contribution in [2.24, 2.45) is 0 Å². The van der Waals surface area contributed by atoms with Crippen LogP contribution in [0.3, 0.4) is 0 Å². The van der Waals surface area contributed by atoms with Crippen molar-refractivity contribution >= 4 is 22.5 Å². The van der Waals surface area contributed by atoms with Gasteiger partial charge in [0.1, 0.15) is 6.07 Å². The second kappa shape index (κ2) is 5.74. The minimum atomic E-state index is -0.135. The number of aryl methyl sites for hydroxylation is 1. The zero-order valence-electron chi connectivity index (χ0n) is 12.2. The maximum atomic E-state index is 12.2. The predicted molar refractivity (Wildman–Crippen MR) is 86.5 cm³/mol. The molecule has 0 bridgehead atoms. The van der Waals surface area contributed by atoms with E-state index in [9.17, 15) is 4.79 Å². The van der Waals surface area contributed by atoms with Crippen LogP contribution in [0, 0.1) is 18.3 Å². The van der Waals surface area contributed by atoms with E-state index in [0.717, 1.165) is 16.5 Å². The highest BCUT2D eigenvalue weighted by molar-refractivity contribution is 5.96. The van der Waals surface area contributed by atoms with Crippen LogP contribution < -0.4 is 5.32 Å². The van der Waals surface area contributed by atoms with Gasteiger partial charge in [-0.05, 0) is 36.2 Å². The molecule has 2 N–H and O–H groups in total. The molecular formula is C18H15N3O. The Labute approximate surface area is 128 Å². The first-order valence-electron chi connectivity index (χ1n) is 7.03.